The Bertz CT molecular complexity index is 1030. The largest absolute Gasteiger partial charge is 0.480 e. The monoisotopic (exact) mass is 474 g/mol. The maximum absolute atomic E-state index is 13.6. The number of nitrogens with one attached hydrogen (secondary N) is 1. The van der Waals surface area contributed by atoms with Gasteiger partial charge >= 0.3 is 12.1 Å². The zero-order valence-corrected chi connectivity index (χ0v) is 19.3. The highest BCUT2D eigenvalue weighted by atomic mass is 19.3. The number of likely N-dealkylation sites (N-methyl/N-ethyl adjacent to an activating group) is 1. The van der Waals surface area contributed by atoms with E-state index in [0.29, 0.717) is 0 Å². The van der Waals surface area contributed by atoms with Crippen LogP contribution in [0.2, 0.25) is 0 Å². The van der Waals surface area contributed by atoms with Crippen molar-refractivity contribution >= 4 is 18.0 Å². The minimum absolute atomic E-state index is 0.0129. The average molecular weight is 475 g/mol. The summed E-state index contributed by atoms with van der Waals surface area (Å²) in [7, 11) is 0. The number of carboxylic acids is 1. The molecule has 7 nitrogen and oxygen atoms in total. The Balaban J connectivity index is 1.66. The molecule has 2 aromatic carbocycles. The Morgan fingerprint density at radius 3 is 2.06 bits per heavy atom. The molecule has 34 heavy (non-hydrogen) atoms. The first kappa shape index (κ1) is 25.1. The second kappa shape index (κ2) is 10.2. The van der Waals surface area contributed by atoms with Crippen molar-refractivity contribution in [2.45, 2.75) is 51.1 Å². The molecule has 0 aromatic heterocycles. The van der Waals surface area contributed by atoms with Gasteiger partial charge in [0.15, 0.2) is 0 Å². The predicted molar refractivity (Wildman–Crippen MR) is 122 cm³/mol. The van der Waals surface area contributed by atoms with Crippen LogP contribution >= 0.6 is 0 Å². The standard InChI is InChI=1S/C25H28F2N2O5/c1-4-29(25(2,3)23(31)32)21(30)13-20(22(26)27)28-24(33)34-14-19-17-11-7-5-9-15(17)16-10-6-8-12-18(16)19/h5-12,19-20,22H,4,13-14H2,1-3H3,(H,28,33)(H,31,32). The number of halogens is 2. The molecule has 1 atom stereocenters. The van der Waals surface area contributed by atoms with Crippen molar-refractivity contribution in [1.29, 1.82) is 0 Å². The van der Waals surface area contributed by atoms with Gasteiger partial charge < -0.3 is 20.1 Å². The summed E-state index contributed by atoms with van der Waals surface area (Å²) in [5.74, 6) is -2.31. The molecule has 2 amide bonds. The lowest BCUT2D eigenvalue weighted by Gasteiger charge is -2.35. The van der Waals surface area contributed by atoms with Gasteiger partial charge in [-0.25, -0.2) is 18.4 Å². The number of ether oxygens (including phenoxy) is 1. The number of carbonyl (C=O) groups excluding carboxylic acids is 2. The van der Waals surface area contributed by atoms with Crippen molar-refractivity contribution < 1.29 is 33.0 Å². The number of carboxylic acid groups (broad SMARTS) is 1. The van der Waals surface area contributed by atoms with Crippen molar-refractivity contribution in [3.63, 3.8) is 0 Å². The molecule has 1 unspecified atom stereocenters. The molecule has 0 radical (unpaired) electrons. The lowest BCUT2D eigenvalue weighted by atomic mass is 9.98. The summed E-state index contributed by atoms with van der Waals surface area (Å²) in [4.78, 5) is 37.4. The molecule has 1 aliphatic carbocycles. The minimum atomic E-state index is -3.05. The number of hydrogen-bond donors (Lipinski definition) is 2. The predicted octanol–water partition coefficient (Wildman–Crippen LogP) is 4.26. The van der Waals surface area contributed by atoms with Crippen LogP contribution in [0.4, 0.5) is 13.6 Å². The number of benzene rings is 2. The number of alkyl carbamates (subject to hydrolysis) is 1. The summed E-state index contributed by atoms with van der Waals surface area (Å²) in [6.07, 6.45) is -4.87. The lowest BCUT2D eigenvalue weighted by Crippen LogP contribution is -2.54. The molecular formula is C25H28F2N2O5. The highest BCUT2D eigenvalue weighted by Gasteiger charge is 2.39. The lowest BCUT2D eigenvalue weighted by molar-refractivity contribution is -0.157. The molecule has 0 bridgehead atoms. The van der Waals surface area contributed by atoms with Crippen molar-refractivity contribution in [3.05, 3.63) is 59.7 Å². The number of rotatable bonds is 9. The fraction of sp³-hybridized carbons (Fsp3) is 0.400. The van der Waals surface area contributed by atoms with Gasteiger partial charge in [-0.15, -0.1) is 0 Å². The molecule has 0 heterocycles. The Labute approximate surface area is 196 Å². The van der Waals surface area contributed by atoms with Gasteiger partial charge in [-0.2, -0.15) is 0 Å². The molecule has 0 saturated carbocycles. The molecule has 182 valence electrons. The van der Waals surface area contributed by atoms with Crippen LogP contribution in [0.1, 0.15) is 44.2 Å². The minimum Gasteiger partial charge on any atom is -0.480 e. The van der Waals surface area contributed by atoms with Gasteiger partial charge in [-0.05, 0) is 43.0 Å². The van der Waals surface area contributed by atoms with Crippen LogP contribution < -0.4 is 5.32 Å². The summed E-state index contributed by atoms with van der Waals surface area (Å²) in [6, 6.07) is 13.6. The van der Waals surface area contributed by atoms with Crippen LogP contribution in [-0.2, 0) is 14.3 Å². The summed E-state index contributed by atoms with van der Waals surface area (Å²) >= 11 is 0. The Hall–Kier alpha value is -3.49. The van der Waals surface area contributed by atoms with E-state index in [1.54, 1.807) is 6.92 Å². The molecule has 0 fully saturated rings. The van der Waals surface area contributed by atoms with Crippen LogP contribution in [0.5, 0.6) is 0 Å². The zero-order valence-electron chi connectivity index (χ0n) is 19.3. The summed E-state index contributed by atoms with van der Waals surface area (Å²) in [5.41, 5.74) is 2.44. The maximum Gasteiger partial charge on any atom is 0.407 e. The Morgan fingerprint density at radius 2 is 1.59 bits per heavy atom. The third kappa shape index (κ3) is 5.03. The third-order valence-corrected chi connectivity index (χ3v) is 6.16. The average Bonchev–Trinajstić information content (AvgIpc) is 3.11. The first-order valence-corrected chi connectivity index (χ1v) is 11.0. The van der Waals surface area contributed by atoms with Gasteiger partial charge in [0.1, 0.15) is 18.2 Å². The van der Waals surface area contributed by atoms with E-state index in [0.717, 1.165) is 27.2 Å². The Morgan fingerprint density at radius 1 is 1.06 bits per heavy atom. The van der Waals surface area contributed by atoms with Crippen LogP contribution in [0, 0.1) is 0 Å². The van der Waals surface area contributed by atoms with Crippen molar-refractivity contribution in [2.24, 2.45) is 0 Å². The maximum atomic E-state index is 13.6. The second-order valence-electron chi connectivity index (χ2n) is 8.62. The summed E-state index contributed by atoms with van der Waals surface area (Å²) in [5, 5.41) is 11.4. The van der Waals surface area contributed by atoms with E-state index in [1.807, 2.05) is 48.5 Å². The number of nitrogens with zero attached hydrogens (tertiary/aromatic N) is 1. The van der Waals surface area contributed by atoms with E-state index < -0.39 is 42.4 Å². The van der Waals surface area contributed by atoms with Gasteiger partial charge in [0, 0.05) is 12.5 Å². The highest BCUT2D eigenvalue weighted by molar-refractivity contribution is 5.87. The zero-order chi connectivity index (χ0) is 25.0. The summed E-state index contributed by atoms with van der Waals surface area (Å²) in [6.45, 7) is 4.13. The molecule has 0 aliphatic heterocycles. The van der Waals surface area contributed by atoms with Crippen LogP contribution in [0.15, 0.2) is 48.5 Å². The first-order chi connectivity index (χ1) is 16.1. The molecule has 2 N–H and O–H groups in total. The molecule has 0 spiro atoms. The highest BCUT2D eigenvalue weighted by Crippen LogP contribution is 2.44. The third-order valence-electron chi connectivity index (χ3n) is 6.16. The van der Waals surface area contributed by atoms with Crippen LogP contribution in [0.25, 0.3) is 11.1 Å². The second-order valence-corrected chi connectivity index (χ2v) is 8.62. The normalized spacial score (nSPS) is 13.7. The molecule has 1 aliphatic rings. The van der Waals surface area contributed by atoms with Crippen molar-refractivity contribution in [1.82, 2.24) is 10.2 Å². The van der Waals surface area contributed by atoms with Gasteiger partial charge in [-0.3, -0.25) is 4.79 Å². The number of aliphatic carboxylic acids is 1. The molecule has 0 saturated heterocycles. The van der Waals surface area contributed by atoms with Crippen molar-refractivity contribution in [3.8, 4) is 11.1 Å². The van der Waals surface area contributed by atoms with Crippen LogP contribution in [0.3, 0.4) is 0 Å². The fourth-order valence-corrected chi connectivity index (χ4v) is 4.29. The number of carbonyl (C=O) groups is 3. The van der Waals surface area contributed by atoms with E-state index in [2.05, 4.69) is 5.32 Å². The van der Waals surface area contributed by atoms with Gasteiger partial charge in [-0.1, -0.05) is 48.5 Å². The molecule has 3 rings (SSSR count). The van der Waals surface area contributed by atoms with Gasteiger partial charge in [0.2, 0.25) is 5.91 Å². The van der Waals surface area contributed by atoms with Crippen molar-refractivity contribution in [2.75, 3.05) is 13.2 Å². The van der Waals surface area contributed by atoms with E-state index in [9.17, 15) is 28.3 Å². The quantitative estimate of drug-likeness (QED) is 0.566. The topological polar surface area (TPSA) is 95.9 Å². The van der Waals surface area contributed by atoms with Gasteiger partial charge in [0.05, 0.1) is 6.42 Å². The SMILES string of the molecule is CCN(C(=O)CC(NC(=O)OCC1c2ccccc2-c2ccccc21)C(F)F)C(C)(C)C(=O)O. The van der Waals surface area contributed by atoms with Gasteiger partial charge in [0.25, 0.3) is 6.43 Å². The number of fused-ring (bicyclic) bond motifs is 3. The molecule has 2 aromatic rings. The summed E-state index contributed by atoms with van der Waals surface area (Å²) < 4.78 is 32.5. The smallest absolute Gasteiger partial charge is 0.407 e. The van der Waals surface area contributed by atoms with E-state index in [4.69, 9.17) is 4.74 Å². The van der Waals surface area contributed by atoms with E-state index >= 15 is 0 Å². The molecular weight excluding hydrogens is 446 g/mol. The number of hydrogen-bond acceptors (Lipinski definition) is 4. The number of amides is 2. The first-order valence-electron chi connectivity index (χ1n) is 11.0. The van der Waals surface area contributed by atoms with E-state index in [1.165, 1.54) is 13.8 Å². The Kier molecular flexibility index (Phi) is 7.54. The molecule has 9 heteroatoms. The number of alkyl halides is 2. The van der Waals surface area contributed by atoms with Crippen LogP contribution in [-0.4, -0.2) is 59.1 Å². The van der Waals surface area contributed by atoms with E-state index in [-0.39, 0.29) is 19.1 Å². The fourth-order valence-electron chi connectivity index (χ4n) is 4.29.